The van der Waals surface area contributed by atoms with Gasteiger partial charge in [-0.25, -0.2) is 4.39 Å². The Morgan fingerprint density at radius 1 is 1.44 bits per heavy atom. The Labute approximate surface area is 102 Å². The molecule has 1 aromatic rings. The molecule has 0 spiro atoms. The van der Waals surface area contributed by atoms with Crippen LogP contribution >= 0.6 is 0 Å². The third-order valence-electron chi connectivity index (χ3n) is 3.28. The van der Waals surface area contributed by atoms with Gasteiger partial charge in [0.1, 0.15) is 17.0 Å². The van der Waals surface area contributed by atoms with E-state index in [9.17, 15) is 19.1 Å². The van der Waals surface area contributed by atoms with Crippen LogP contribution < -0.4 is 4.74 Å². The van der Waals surface area contributed by atoms with Gasteiger partial charge >= 0.3 is 11.9 Å². The Kier molecular flexibility index (Phi) is 2.73. The van der Waals surface area contributed by atoms with E-state index in [-0.39, 0.29) is 17.7 Å². The molecule has 0 bridgehead atoms. The molecule has 2 unspecified atom stereocenters. The predicted octanol–water partition coefficient (Wildman–Crippen LogP) is 1.26. The van der Waals surface area contributed by atoms with Gasteiger partial charge in [-0.05, 0) is 24.6 Å². The lowest BCUT2D eigenvalue weighted by atomic mass is 9.92. The van der Waals surface area contributed by atoms with Crippen molar-refractivity contribution in [3.8, 4) is 5.75 Å². The number of benzene rings is 1. The van der Waals surface area contributed by atoms with E-state index in [1.807, 2.05) is 0 Å². The van der Waals surface area contributed by atoms with Crippen molar-refractivity contribution in [3.63, 3.8) is 0 Å². The van der Waals surface area contributed by atoms with Crippen molar-refractivity contribution < 1.29 is 28.9 Å². The van der Waals surface area contributed by atoms with Crippen LogP contribution in [0.2, 0.25) is 0 Å². The number of hydrogen-bond donors (Lipinski definition) is 2. The fourth-order valence-electron chi connectivity index (χ4n) is 2.24. The minimum absolute atomic E-state index is 0.0581. The quantitative estimate of drug-likeness (QED) is 0.845. The second-order valence-electron chi connectivity index (χ2n) is 4.22. The third-order valence-corrected chi connectivity index (χ3v) is 3.28. The smallest absolute Gasteiger partial charge is 0.315 e. The molecule has 2 N–H and O–H groups in total. The zero-order valence-corrected chi connectivity index (χ0v) is 9.51. The minimum Gasteiger partial charge on any atom is -0.496 e. The first-order valence-corrected chi connectivity index (χ1v) is 5.23. The Morgan fingerprint density at radius 3 is 2.56 bits per heavy atom. The second kappa shape index (κ2) is 3.97. The van der Waals surface area contributed by atoms with E-state index in [0.29, 0.717) is 0 Å². The standard InChI is InChI=1S/C12H11FO5/c1-18-9-3-2-6(13)4-7(9)12(11(16)17)5-8(12)10(14)15/h2-4,8H,5H2,1H3,(H,14,15)(H,16,17). The van der Waals surface area contributed by atoms with Crippen molar-refractivity contribution in [2.45, 2.75) is 11.8 Å². The number of ether oxygens (including phenoxy) is 1. The average molecular weight is 254 g/mol. The highest BCUT2D eigenvalue weighted by atomic mass is 19.1. The molecule has 0 aromatic heterocycles. The van der Waals surface area contributed by atoms with Crippen LogP contribution in [0.5, 0.6) is 5.75 Å². The summed E-state index contributed by atoms with van der Waals surface area (Å²) in [5.74, 6) is -3.97. The van der Waals surface area contributed by atoms with Gasteiger partial charge in [0.05, 0.1) is 13.0 Å². The Morgan fingerprint density at radius 2 is 2.11 bits per heavy atom. The van der Waals surface area contributed by atoms with E-state index >= 15 is 0 Å². The molecule has 1 fully saturated rings. The maximum atomic E-state index is 13.2. The molecule has 2 atom stereocenters. The van der Waals surface area contributed by atoms with Gasteiger partial charge in [-0.2, -0.15) is 0 Å². The summed E-state index contributed by atoms with van der Waals surface area (Å²) in [4.78, 5) is 22.3. The summed E-state index contributed by atoms with van der Waals surface area (Å²) in [6, 6.07) is 3.46. The first kappa shape index (κ1) is 12.3. The number of hydrogen-bond acceptors (Lipinski definition) is 3. The molecule has 0 radical (unpaired) electrons. The molecule has 0 amide bonds. The largest absolute Gasteiger partial charge is 0.496 e. The van der Waals surface area contributed by atoms with Crippen molar-refractivity contribution in [1.82, 2.24) is 0 Å². The lowest BCUT2D eigenvalue weighted by Crippen LogP contribution is -2.26. The van der Waals surface area contributed by atoms with E-state index in [1.54, 1.807) is 0 Å². The van der Waals surface area contributed by atoms with E-state index in [0.717, 1.165) is 12.1 Å². The molecule has 1 aliphatic rings. The highest BCUT2D eigenvalue weighted by molar-refractivity contribution is 5.95. The molecule has 1 saturated carbocycles. The summed E-state index contributed by atoms with van der Waals surface area (Å²) in [6.45, 7) is 0. The summed E-state index contributed by atoms with van der Waals surface area (Å²) in [5.41, 5.74) is -1.51. The van der Waals surface area contributed by atoms with Crippen LogP contribution in [0.25, 0.3) is 0 Å². The maximum absolute atomic E-state index is 13.2. The first-order valence-electron chi connectivity index (χ1n) is 5.23. The van der Waals surface area contributed by atoms with Gasteiger partial charge < -0.3 is 14.9 Å². The number of methoxy groups -OCH3 is 1. The van der Waals surface area contributed by atoms with Gasteiger partial charge in [0.15, 0.2) is 0 Å². The van der Waals surface area contributed by atoms with Crippen LogP contribution in [-0.2, 0) is 15.0 Å². The van der Waals surface area contributed by atoms with Crippen molar-refractivity contribution in [3.05, 3.63) is 29.6 Å². The van der Waals surface area contributed by atoms with Gasteiger partial charge in [0, 0.05) is 5.56 Å². The van der Waals surface area contributed by atoms with E-state index in [4.69, 9.17) is 9.84 Å². The second-order valence-corrected chi connectivity index (χ2v) is 4.22. The van der Waals surface area contributed by atoms with E-state index < -0.39 is 29.1 Å². The maximum Gasteiger partial charge on any atom is 0.315 e. The Bertz CT molecular complexity index is 527. The number of aliphatic carboxylic acids is 2. The molecular weight excluding hydrogens is 243 g/mol. The van der Waals surface area contributed by atoms with Crippen LogP contribution in [0.15, 0.2) is 18.2 Å². The predicted molar refractivity (Wildman–Crippen MR) is 58.0 cm³/mol. The topological polar surface area (TPSA) is 83.8 Å². The van der Waals surface area contributed by atoms with Gasteiger partial charge in [0.25, 0.3) is 0 Å². The monoisotopic (exact) mass is 254 g/mol. The summed E-state index contributed by atoms with van der Waals surface area (Å²) in [5, 5.41) is 18.2. The van der Waals surface area contributed by atoms with Gasteiger partial charge in [-0.15, -0.1) is 0 Å². The number of carboxylic acid groups (broad SMARTS) is 2. The average Bonchev–Trinajstić information content (AvgIpc) is 3.05. The molecule has 96 valence electrons. The van der Waals surface area contributed by atoms with E-state index in [1.165, 1.54) is 13.2 Å². The molecule has 1 aliphatic carbocycles. The van der Waals surface area contributed by atoms with Crippen molar-refractivity contribution in [2.75, 3.05) is 7.11 Å². The van der Waals surface area contributed by atoms with Gasteiger partial charge in [-0.1, -0.05) is 0 Å². The Balaban J connectivity index is 2.55. The highest BCUT2D eigenvalue weighted by Gasteiger charge is 2.66. The zero-order valence-electron chi connectivity index (χ0n) is 9.51. The van der Waals surface area contributed by atoms with Crippen LogP contribution in [0.4, 0.5) is 4.39 Å². The van der Waals surface area contributed by atoms with Crippen molar-refractivity contribution >= 4 is 11.9 Å². The minimum atomic E-state index is -1.58. The number of rotatable bonds is 4. The summed E-state index contributed by atoms with van der Waals surface area (Å²) >= 11 is 0. The third kappa shape index (κ3) is 1.61. The van der Waals surface area contributed by atoms with Crippen LogP contribution in [0.3, 0.4) is 0 Å². The Hall–Kier alpha value is -2.11. The fraction of sp³-hybridized carbons (Fsp3) is 0.333. The molecule has 0 heterocycles. The molecule has 6 heteroatoms. The highest BCUT2D eigenvalue weighted by Crippen LogP contribution is 2.57. The van der Waals surface area contributed by atoms with Crippen molar-refractivity contribution in [2.24, 2.45) is 5.92 Å². The van der Waals surface area contributed by atoms with Crippen molar-refractivity contribution in [1.29, 1.82) is 0 Å². The number of carboxylic acids is 2. The van der Waals surface area contributed by atoms with E-state index in [2.05, 4.69) is 0 Å². The van der Waals surface area contributed by atoms with Crippen LogP contribution in [0.1, 0.15) is 12.0 Å². The molecule has 0 aliphatic heterocycles. The molecule has 0 saturated heterocycles. The van der Waals surface area contributed by atoms with Crippen LogP contribution in [-0.4, -0.2) is 29.3 Å². The molecule has 5 nitrogen and oxygen atoms in total. The molecular formula is C12H11FO5. The molecule has 1 aromatic carbocycles. The zero-order chi connectivity index (χ0) is 13.5. The first-order chi connectivity index (χ1) is 8.43. The number of carbonyl (C=O) groups is 2. The summed E-state index contributed by atoms with van der Waals surface area (Å²) in [7, 11) is 1.32. The summed E-state index contributed by atoms with van der Waals surface area (Å²) < 4.78 is 18.2. The normalized spacial score (nSPS) is 25.6. The lowest BCUT2D eigenvalue weighted by molar-refractivity contribution is -0.145. The van der Waals surface area contributed by atoms with Gasteiger partial charge in [0.2, 0.25) is 0 Å². The lowest BCUT2D eigenvalue weighted by Gasteiger charge is -2.15. The number of halogens is 1. The van der Waals surface area contributed by atoms with Crippen LogP contribution in [0, 0.1) is 11.7 Å². The van der Waals surface area contributed by atoms with Gasteiger partial charge in [-0.3, -0.25) is 9.59 Å². The fourth-order valence-corrected chi connectivity index (χ4v) is 2.24. The molecule has 18 heavy (non-hydrogen) atoms. The molecule has 2 rings (SSSR count). The SMILES string of the molecule is COc1ccc(F)cc1C1(C(=O)O)CC1C(=O)O. The summed E-state index contributed by atoms with van der Waals surface area (Å²) in [6.07, 6.45) is -0.0581.